The molecule has 4 heteroatoms. The van der Waals surface area contributed by atoms with Gasteiger partial charge in [0.15, 0.2) is 5.66 Å². The van der Waals surface area contributed by atoms with Crippen molar-refractivity contribution in [3.05, 3.63) is 22.8 Å². The lowest BCUT2D eigenvalue weighted by atomic mass is 9.90. The number of nitrogens with zero attached hydrogens (tertiary/aromatic N) is 2. The maximum atomic E-state index is 5.17. The highest BCUT2D eigenvalue weighted by molar-refractivity contribution is 8.01. The summed E-state index contributed by atoms with van der Waals surface area (Å²) in [6, 6.07) is 4.61. The van der Waals surface area contributed by atoms with Crippen molar-refractivity contribution in [2.24, 2.45) is 9.98 Å². The first kappa shape index (κ1) is 18.3. The van der Waals surface area contributed by atoms with Crippen LogP contribution in [0.4, 0.5) is 0 Å². The second-order valence-corrected chi connectivity index (χ2v) is 12.8. The predicted molar refractivity (Wildman–Crippen MR) is 106 cm³/mol. The van der Waals surface area contributed by atoms with E-state index in [9.17, 15) is 0 Å². The largest absolute Gasteiger partial charge is 0.253 e. The standard InChI is InChI=1S/C20H30N2S2/c1-18(2,3)23-14-12-15-17(16(13-14)24-19(4,5)6)22-20(21-15)10-8-7-9-11-20/h12-13H,7-11H2,1-6H3. The van der Waals surface area contributed by atoms with E-state index in [-0.39, 0.29) is 15.2 Å². The van der Waals surface area contributed by atoms with Crippen LogP contribution in [0.25, 0.3) is 0 Å². The quantitative estimate of drug-likeness (QED) is 0.660. The van der Waals surface area contributed by atoms with Crippen LogP contribution in [0.1, 0.15) is 73.6 Å². The molecule has 0 N–H and O–H groups in total. The molecule has 1 fully saturated rings. The summed E-state index contributed by atoms with van der Waals surface area (Å²) in [5.41, 5.74) is -0.154. The van der Waals surface area contributed by atoms with E-state index in [1.807, 2.05) is 23.5 Å². The van der Waals surface area contributed by atoms with Gasteiger partial charge in [-0.25, -0.2) is 0 Å². The molecule has 0 atom stereocenters. The normalized spacial score (nSPS) is 19.8. The Morgan fingerprint density at radius 3 is 2.04 bits per heavy atom. The molecule has 2 aliphatic rings. The fourth-order valence-corrected chi connectivity index (χ4v) is 5.61. The van der Waals surface area contributed by atoms with Gasteiger partial charge in [-0.15, -0.1) is 23.5 Å². The molecular weight excluding hydrogens is 332 g/mol. The zero-order valence-corrected chi connectivity index (χ0v) is 17.5. The summed E-state index contributed by atoms with van der Waals surface area (Å²) in [5.74, 6) is 0. The van der Waals surface area contributed by atoms with Crippen molar-refractivity contribution < 1.29 is 0 Å². The number of benzene rings is 1. The monoisotopic (exact) mass is 362 g/mol. The van der Waals surface area contributed by atoms with E-state index in [1.165, 1.54) is 29.1 Å². The van der Waals surface area contributed by atoms with Crippen LogP contribution in [0.3, 0.4) is 0 Å². The van der Waals surface area contributed by atoms with E-state index in [0.29, 0.717) is 0 Å². The van der Waals surface area contributed by atoms with Crippen LogP contribution in [0.5, 0.6) is 0 Å². The van der Waals surface area contributed by atoms with Crippen LogP contribution in [-0.4, -0.2) is 15.2 Å². The Bertz CT molecular complexity index is 733. The number of hydrogen-bond donors (Lipinski definition) is 0. The molecule has 2 nitrogen and oxygen atoms in total. The lowest BCUT2D eigenvalue weighted by molar-refractivity contribution is 0.308. The van der Waals surface area contributed by atoms with E-state index >= 15 is 0 Å². The van der Waals surface area contributed by atoms with Gasteiger partial charge in [-0.05, 0) is 37.8 Å². The van der Waals surface area contributed by atoms with Crippen LogP contribution in [-0.2, 0) is 0 Å². The van der Waals surface area contributed by atoms with Gasteiger partial charge >= 0.3 is 0 Å². The highest BCUT2D eigenvalue weighted by atomic mass is 32.2. The molecule has 1 aliphatic carbocycles. The first-order valence-electron chi connectivity index (χ1n) is 9.07. The summed E-state index contributed by atoms with van der Waals surface area (Å²) in [6.45, 7) is 13.6. The topological polar surface area (TPSA) is 24.7 Å². The minimum absolute atomic E-state index is 0.154. The summed E-state index contributed by atoms with van der Waals surface area (Å²) in [6.07, 6.45) is 6.07. The van der Waals surface area contributed by atoms with Gasteiger partial charge in [0.1, 0.15) is 0 Å². The van der Waals surface area contributed by atoms with Crippen molar-refractivity contribution in [1.82, 2.24) is 0 Å². The maximum absolute atomic E-state index is 5.17. The SMILES string of the molecule is CC(C)(C)Sc1cc(SC(C)(C)C)c2c(c1)=NC1(CCCCC1)N=2. The summed E-state index contributed by atoms with van der Waals surface area (Å²) in [5, 5.41) is 2.27. The van der Waals surface area contributed by atoms with Gasteiger partial charge < -0.3 is 0 Å². The van der Waals surface area contributed by atoms with Crippen molar-refractivity contribution in [3.8, 4) is 0 Å². The minimum atomic E-state index is -0.154. The van der Waals surface area contributed by atoms with Gasteiger partial charge in [0.2, 0.25) is 0 Å². The number of rotatable bonds is 2. The molecule has 1 aliphatic heterocycles. The van der Waals surface area contributed by atoms with E-state index in [2.05, 4.69) is 53.7 Å². The van der Waals surface area contributed by atoms with Crippen LogP contribution in [0.15, 0.2) is 31.9 Å². The maximum Gasteiger partial charge on any atom is 0.151 e. The summed E-state index contributed by atoms with van der Waals surface area (Å²) < 4.78 is 0.382. The molecule has 0 bridgehead atoms. The third-order valence-electron chi connectivity index (χ3n) is 4.17. The average Bonchev–Trinajstić information content (AvgIpc) is 2.74. The highest BCUT2D eigenvalue weighted by Gasteiger charge is 2.34. The molecule has 0 unspecified atom stereocenters. The van der Waals surface area contributed by atoms with Gasteiger partial charge in [0, 0.05) is 19.3 Å². The van der Waals surface area contributed by atoms with Crippen LogP contribution in [0.2, 0.25) is 0 Å². The van der Waals surface area contributed by atoms with E-state index in [4.69, 9.17) is 9.98 Å². The molecule has 1 aromatic rings. The number of hydrogen-bond acceptors (Lipinski definition) is 4. The Morgan fingerprint density at radius 2 is 1.46 bits per heavy atom. The van der Waals surface area contributed by atoms with Crippen molar-refractivity contribution in [2.45, 2.75) is 98.6 Å². The fourth-order valence-electron chi connectivity index (χ4n) is 3.39. The van der Waals surface area contributed by atoms with Crippen molar-refractivity contribution in [3.63, 3.8) is 0 Å². The van der Waals surface area contributed by atoms with Gasteiger partial charge in [-0.3, -0.25) is 9.98 Å². The highest BCUT2D eigenvalue weighted by Crippen LogP contribution is 2.38. The first-order chi connectivity index (χ1) is 11.1. The van der Waals surface area contributed by atoms with Gasteiger partial charge in [0.05, 0.1) is 10.7 Å². The van der Waals surface area contributed by atoms with Gasteiger partial charge in [0.25, 0.3) is 0 Å². The van der Waals surface area contributed by atoms with E-state index in [0.717, 1.165) is 23.6 Å². The lowest BCUT2D eigenvalue weighted by Gasteiger charge is -2.27. The molecule has 1 saturated carbocycles. The Hall–Kier alpha value is -0.480. The third kappa shape index (κ3) is 4.37. The number of fused-ring (bicyclic) bond motifs is 1. The molecule has 1 aromatic carbocycles. The third-order valence-corrected chi connectivity index (χ3v) is 6.40. The summed E-state index contributed by atoms with van der Waals surface area (Å²) in [4.78, 5) is 12.9. The molecule has 24 heavy (non-hydrogen) atoms. The molecule has 3 rings (SSSR count). The molecule has 1 heterocycles. The average molecular weight is 363 g/mol. The smallest absolute Gasteiger partial charge is 0.151 e. The van der Waals surface area contributed by atoms with Crippen LogP contribution >= 0.6 is 23.5 Å². The molecule has 1 spiro atoms. The summed E-state index contributed by atoms with van der Waals surface area (Å²) >= 11 is 3.85. The Balaban J connectivity index is 2.09. The fraction of sp³-hybridized carbons (Fsp3) is 0.700. The van der Waals surface area contributed by atoms with Gasteiger partial charge in [-0.2, -0.15) is 0 Å². The van der Waals surface area contributed by atoms with Crippen molar-refractivity contribution >= 4 is 23.5 Å². The molecule has 0 amide bonds. The molecule has 0 aromatic heterocycles. The Labute approximate surface area is 155 Å². The Morgan fingerprint density at radius 1 is 0.833 bits per heavy atom. The van der Waals surface area contributed by atoms with Crippen molar-refractivity contribution in [2.75, 3.05) is 0 Å². The first-order valence-corrected chi connectivity index (χ1v) is 10.7. The van der Waals surface area contributed by atoms with Crippen LogP contribution < -0.4 is 10.7 Å². The second-order valence-electron chi connectivity index (χ2n) is 8.98. The minimum Gasteiger partial charge on any atom is -0.253 e. The zero-order valence-electron chi connectivity index (χ0n) is 15.9. The predicted octanol–water partition coefficient (Wildman–Crippen LogP) is 5.38. The number of thioether (sulfide) groups is 2. The molecular formula is C20H30N2S2. The molecule has 0 radical (unpaired) electrons. The zero-order chi connectivity index (χ0) is 17.6. The molecule has 132 valence electrons. The Kier molecular flexibility index (Phi) is 4.85. The molecule has 0 saturated heterocycles. The lowest BCUT2D eigenvalue weighted by Crippen LogP contribution is -2.26. The van der Waals surface area contributed by atoms with Gasteiger partial charge in [-0.1, -0.05) is 48.0 Å². The summed E-state index contributed by atoms with van der Waals surface area (Å²) in [7, 11) is 0. The van der Waals surface area contributed by atoms with Crippen molar-refractivity contribution in [1.29, 1.82) is 0 Å². The van der Waals surface area contributed by atoms with E-state index < -0.39 is 0 Å². The van der Waals surface area contributed by atoms with Crippen LogP contribution in [0, 0.1) is 0 Å². The van der Waals surface area contributed by atoms with E-state index in [1.54, 1.807) is 0 Å². The second kappa shape index (κ2) is 6.35.